The van der Waals surface area contributed by atoms with Crippen LogP contribution in [0.5, 0.6) is 0 Å². The molecule has 0 bridgehead atoms. The van der Waals surface area contributed by atoms with Crippen molar-refractivity contribution in [1.29, 1.82) is 0 Å². The van der Waals surface area contributed by atoms with Gasteiger partial charge >= 0.3 is 6.18 Å². The molecule has 1 heterocycles. The van der Waals surface area contributed by atoms with Gasteiger partial charge in [-0.15, -0.1) is 0 Å². The number of aromatic nitrogens is 1. The molecule has 1 aromatic heterocycles. The van der Waals surface area contributed by atoms with Crippen LogP contribution in [0.15, 0.2) is 48.7 Å². The van der Waals surface area contributed by atoms with Gasteiger partial charge in [0.2, 0.25) is 0 Å². The minimum atomic E-state index is -4.78. The summed E-state index contributed by atoms with van der Waals surface area (Å²) in [5, 5.41) is 3.13. The maximum atomic E-state index is 13.9. The van der Waals surface area contributed by atoms with E-state index >= 15 is 0 Å². The fourth-order valence-corrected chi connectivity index (χ4v) is 2.47. The van der Waals surface area contributed by atoms with E-state index in [4.69, 9.17) is 0 Å². The van der Waals surface area contributed by atoms with E-state index in [1.54, 1.807) is 24.3 Å². The molecule has 2 N–H and O–H groups in total. The minimum absolute atomic E-state index is 0.224. The number of H-pyrrole nitrogens is 1. The molecule has 0 spiro atoms. The molecule has 0 radical (unpaired) electrons. The van der Waals surface area contributed by atoms with E-state index in [0.29, 0.717) is 17.0 Å². The normalized spacial score (nSPS) is 11.7. The average Bonchev–Trinajstić information content (AvgIpc) is 2.96. The minimum Gasteiger partial charge on any atom is -0.360 e. The highest BCUT2D eigenvalue weighted by Gasteiger charge is 2.34. The number of nitrogens with one attached hydrogen (secondary N) is 2. The van der Waals surface area contributed by atoms with Gasteiger partial charge in [-0.2, -0.15) is 13.2 Å². The molecule has 0 saturated heterocycles. The van der Waals surface area contributed by atoms with Crippen LogP contribution >= 0.6 is 0 Å². The van der Waals surface area contributed by atoms with E-state index in [1.165, 1.54) is 12.3 Å². The summed E-state index contributed by atoms with van der Waals surface area (Å²) in [6.07, 6.45) is -3.27. The standard InChI is InChI=1S/C17H12F4N2O/c18-15-10(4-3-6-13(15)17(19,20)21)8-23-16(24)12-9-22-14-7-2-1-5-11(12)14/h1-7,9,22H,8H2,(H,23,24). The number of hydrogen-bond donors (Lipinski definition) is 2. The maximum absolute atomic E-state index is 13.9. The number of aromatic amines is 1. The van der Waals surface area contributed by atoms with Gasteiger partial charge in [0.05, 0.1) is 11.1 Å². The van der Waals surface area contributed by atoms with Gasteiger partial charge in [0.15, 0.2) is 0 Å². The summed E-state index contributed by atoms with van der Waals surface area (Å²) >= 11 is 0. The third-order valence-electron chi connectivity index (χ3n) is 3.66. The second-order valence-corrected chi connectivity index (χ2v) is 5.21. The molecular formula is C17H12F4N2O. The molecule has 0 aliphatic heterocycles. The number of alkyl halides is 3. The molecule has 0 unspecified atom stereocenters. The van der Waals surface area contributed by atoms with Crippen molar-refractivity contribution >= 4 is 16.8 Å². The van der Waals surface area contributed by atoms with E-state index in [9.17, 15) is 22.4 Å². The second-order valence-electron chi connectivity index (χ2n) is 5.21. The summed E-state index contributed by atoms with van der Waals surface area (Å²) in [5.41, 5.74) is -0.467. The Hall–Kier alpha value is -2.83. The zero-order chi connectivity index (χ0) is 17.3. The summed E-state index contributed by atoms with van der Waals surface area (Å²) < 4.78 is 52.0. The van der Waals surface area contributed by atoms with Crippen LogP contribution in [0, 0.1) is 5.82 Å². The molecule has 0 saturated carbocycles. The largest absolute Gasteiger partial charge is 0.419 e. The molecule has 124 valence electrons. The molecule has 2 aromatic carbocycles. The van der Waals surface area contributed by atoms with Crippen LogP contribution in [0.4, 0.5) is 17.6 Å². The van der Waals surface area contributed by atoms with Crippen molar-refractivity contribution in [2.24, 2.45) is 0 Å². The summed E-state index contributed by atoms with van der Waals surface area (Å²) in [4.78, 5) is 15.1. The van der Waals surface area contributed by atoms with Crippen LogP contribution in [-0.4, -0.2) is 10.9 Å². The van der Waals surface area contributed by atoms with Gasteiger partial charge in [-0.1, -0.05) is 30.3 Å². The molecule has 0 aliphatic rings. The van der Waals surface area contributed by atoms with Crippen molar-refractivity contribution in [3.63, 3.8) is 0 Å². The number of para-hydroxylation sites is 1. The molecule has 24 heavy (non-hydrogen) atoms. The summed E-state index contributed by atoms with van der Waals surface area (Å²) in [6, 6.07) is 10.1. The zero-order valence-electron chi connectivity index (χ0n) is 12.2. The lowest BCUT2D eigenvalue weighted by atomic mass is 10.1. The predicted molar refractivity (Wildman–Crippen MR) is 80.9 cm³/mol. The quantitative estimate of drug-likeness (QED) is 0.690. The van der Waals surface area contributed by atoms with E-state index in [1.807, 2.05) is 0 Å². The van der Waals surface area contributed by atoms with Crippen molar-refractivity contribution in [3.8, 4) is 0 Å². The maximum Gasteiger partial charge on any atom is 0.419 e. The van der Waals surface area contributed by atoms with E-state index in [2.05, 4.69) is 10.3 Å². The monoisotopic (exact) mass is 336 g/mol. The van der Waals surface area contributed by atoms with Gasteiger partial charge in [-0.3, -0.25) is 4.79 Å². The van der Waals surface area contributed by atoms with Crippen molar-refractivity contribution in [1.82, 2.24) is 10.3 Å². The molecule has 3 nitrogen and oxygen atoms in total. The number of carbonyl (C=O) groups is 1. The van der Waals surface area contributed by atoms with Gasteiger partial charge < -0.3 is 10.3 Å². The predicted octanol–water partition coefficient (Wildman–Crippen LogP) is 4.26. The van der Waals surface area contributed by atoms with Crippen LogP contribution < -0.4 is 5.32 Å². The number of carbonyl (C=O) groups excluding carboxylic acids is 1. The first kappa shape index (κ1) is 16.0. The Morgan fingerprint density at radius 1 is 1.08 bits per heavy atom. The molecule has 3 aromatic rings. The van der Waals surface area contributed by atoms with E-state index < -0.39 is 23.5 Å². The molecule has 0 atom stereocenters. The lowest BCUT2D eigenvalue weighted by molar-refractivity contribution is -0.140. The summed E-state index contributed by atoms with van der Waals surface area (Å²) in [6.45, 7) is -0.339. The Morgan fingerprint density at radius 2 is 1.83 bits per heavy atom. The smallest absolute Gasteiger partial charge is 0.360 e. The van der Waals surface area contributed by atoms with E-state index in [0.717, 1.165) is 11.6 Å². The van der Waals surface area contributed by atoms with Crippen LogP contribution in [0.3, 0.4) is 0 Å². The third kappa shape index (κ3) is 2.97. The molecule has 0 fully saturated rings. The highest BCUT2D eigenvalue weighted by molar-refractivity contribution is 6.06. The second kappa shape index (κ2) is 5.99. The highest BCUT2D eigenvalue weighted by Crippen LogP contribution is 2.32. The van der Waals surface area contributed by atoms with Crippen molar-refractivity contribution in [3.05, 3.63) is 71.2 Å². The molecule has 0 aliphatic carbocycles. The SMILES string of the molecule is O=C(NCc1cccc(C(F)(F)F)c1F)c1c[nH]c2ccccc12. The van der Waals surface area contributed by atoms with Crippen LogP contribution in [0.2, 0.25) is 0 Å². The van der Waals surface area contributed by atoms with Crippen LogP contribution in [0.25, 0.3) is 10.9 Å². The Bertz CT molecular complexity index is 899. The summed E-state index contributed by atoms with van der Waals surface area (Å²) in [5.74, 6) is -1.87. The lowest BCUT2D eigenvalue weighted by Crippen LogP contribution is -2.23. The first-order chi connectivity index (χ1) is 11.4. The van der Waals surface area contributed by atoms with Crippen LogP contribution in [-0.2, 0) is 12.7 Å². The number of hydrogen-bond acceptors (Lipinski definition) is 1. The highest BCUT2D eigenvalue weighted by atomic mass is 19.4. The van der Waals surface area contributed by atoms with Crippen molar-refractivity contribution in [2.75, 3.05) is 0 Å². The van der Waals surface area contributed by atoms with Crippen molar-refractivity contribution in [2.45, 2.75) is 12.7 Å². The Kier molecular flexibility index (Phi) is 4.01. The third-order valence-corrected chi connectivity index (χ3v) is 3.66. The number of halogens is 4. The molecular weight excluding hydrogens is 324 g/mol. The average molecular weight is 336 g/mol. The van der Waals surface area contributed by atoms with Crippen LogP contribution in [0.1, 0.15) is 21.5 Å². The lowest BCUT2D eigenvalue weighted by Gasteiger charge is -2.11. The fourth-order valence-electron chi connectivity index (χ4n) is 2.47. The zero-order valence-corrected chi connectivity index (χ0v) is 12.2. The summed E-state index contributed by atoms with van der Waals surface area (Å²) in [7, 11) is 0. The number of rotatable bonds is 3. The van der Waals surface area contributed by atoms with Crippen molar-refractivity contribution < 1.29 is 22.4 Å². The molecule has 7 heteroatoms. The fraction of sp³-hybridized carbons (Fsp3) is 0.118. The topological polar surface area (TPSA) is 44.9 Å². The first-order valence-electron chi connectivity index (χ1n) is 7.07. The Morgan fingerprint density at radius 3 is 2.58 bits per heavy atom. The van der Waals surface area contributed by atoms with Gasteiger partial charge in [0.1, 0.15) is 5.82 Å². The molecule has 3 rings (SSSR count). The Balaban J connectivity index is 1.80. The number of fused-ring (bicyclic) bond motifs is 1. The number of amides is 1. The van der Waals surface area contributed by atoms with E-state index in [-0.39, 0.29) is 12.1 Å². The van der Waals surface area contributed by atoms with Gasteiger partial charge in [-0.05, 0) is 12.1 Å². The Labute approximate surface area is 134 Å². The van der Waals surface area contributed by atoms with Gasteiger partial charge in [0.25, 0.3) is 5.91 Å². The van der Waals surface area contributed by atoms with Gasteiger partial charge in [-0.25, -0.2) is 4.39 Å². The molecule has 1 amide bonds. The number of benzene rings is 2. The van der Waals surface area contributed by atoms with Gasteiger partial charge in [0, 0.05) is 29.2 Å². The first-order valence-corrected chi connectivity index (χ1v) is 7.07.